The van der Waals surface area contributed by atoms with Crippen LogP contribution in [0.15, 0.2) is 0 Å². The van der Waals surface area contributed by atoms with Crippen molar-refractivity contribution in [2.45, 2.75) is 66.8 Å². The molecule has 0 aromatic carbocycles. The highest BCUT2D eigenvalue weighted by Gasteiger charge is 2.14. The quantitative estimate of drug-likeness (QED) is 0.685. The predicted molar refractivity (Wildman–Crippen MR) is 65.6 cm³/mol. The second-order valence-corrected chi connectivity index (χ2v) is 5.94. The van der Waals surface area contributed by atoms with Crippen LogP contribution in [0.5, 0.6) is 0 Å². The lowest BCUT2D eigenvalue weighted by Crippen LogP contribution is -2.29. The molecule has 1 atom stereocenters. The molecule has 1 heteroatoms. The van der Waals surface area contributed by atoms with E-state index in [0.29, 0.717) is 11.5 Å². The van der Waals surface area contributed by atoms with Crippen molar-refractivity contribution < 1.29 is 0 Å². The minimum Gasteiger partial charge on any atom is -0.314 e. The summed E-state index contributed by atoms with van der Waals surface area (Å²) in [5.41, 5.74) is 0.491. The van der Waals surface area contributed by atoms with E-state index in [1.54, 1.807) is 0 Å². The molecular weight excluding hydrogens is 170 g/mol. The maximum absolute atomic E-state index is 3.53. The van der Waals surface area contributed by atoms with E-state index in [4.69, 9.17) is 0 Å². The van der Waals surface area contributed by atoms with Crippen LogP contribution in [0.4, 0.5) is 0 Å². The van der Waals surface area contributed by atoms with E-state index in [2.05, 4.69) is 46.9 Å². The Hall–Kier alpha value is -0.0400. The Morgan fingerprint density at radius 2 is 1.71 bits per heavy atom. The standard InChI is InChI=1S/C13H29N/c1-7-12(10-14-11(2)3)8-9-13(4,5)6/h11-12,14H,7-10H2,1-6H3. The molecule has 0 aliphatic heterocycles. The van der Waals surface area contributed by atoms with E-state index >= 15 is 0 Å². The minimum absolute atomic E-state index is 0.491. The maximum Gasteiger partial charge on any atom is 0.00104 e. The molecule has 1 unspecified atom stereocenters. The van der Waals surface area contributed by atoms with Crippen LogP contribution in [0.3, 0.4) is 0 Å². The third-order valence-electron chi connectivity index (χ3n) is 2.69. The van der Waals surface area contributed by atoms with Crippen LogP contribution in [-0.4, -0.2) is 12.6 Å². The molecule has 0 saturated heterocycles. The van der Waals surface area contributed by atoms with Gasteiger partial charge in [-0.15, -0.1) is 0 Å². The molecule has 0 spiro atoms. The normalized spacial score (nSPS) is 14.8. The molecule has 0 heterocycles. The van der Waals surface area contributed by atoms with Gasteiger partial charge in [0.15, 0.2) is 0 Å². The second kappa shape index (κ2) is 6.44. The average Bonchev–Trinajstić information content (AvgIpc) is 2.02. The summed E-state index contributed by atoms with van der Waals surface area (Å²) in [4.78, 5) is 0. The molecule has 0 aliphatic carbocycles. The lowest BCUT2D eigenvalue weighted by molar-refractivity contribution is 0.307. The Morgan fingerprint density at radius 3 is 2.07 bits per heavy atom. The monoisotopic (exact) mass is 199 g/mol. The van der Waals surface area contributed by atoms with Crippen LogP contribution in [0.25, 0.3) is 0 Å². The zero-order valence-corrected chi connectivity index (χ0v) is 11.0. The molecule has 0 bridgehead atoms. The van der Waals surface area contributed by atoms with Crippen LogP contribution in [0.2, 0.25) is 0 Å². The summed E-state index contributed by atoms with van der Waals surface area (Å²) < 4.78 is 0. The van der Waals surface area contributed by atoms with Gasteiger partial charge in [-0.3, -0.25) is 0 Å². The van der Waals surface area contributed by atoms with Crippen molar-refractivity contribution in [3.63, 3.8) is 0 Å². The Morgan fingerprint density at radius 1 is 1.14 bits per heavy atom. The van der Waals surface area contributed by atoms with Gasteiger partial charge >= 0.3 is 0 Å². The van der Waals surface area contributed by atoms with E-state index in [9.17, 15) is 0 Å². The summed E-state index contributed by atoms with van der Waals surface area (Å²) in [7, 11) is 0. The predicted octanol–water partition coefficient (Wildman–Crippen LogP) is 3.84. The van der Waals surface area contributed by atoms with Gasteiger partial charge in [0.25, 0.3) is 0 Å². The highest BCUT2D eigenvalue weighted by Crippen LogP contribution is 2.24. The fourth-order valence-electron chi connectivity index (χ4n) is 1.49. The van der Waals surface area contributed by atoms with Gasteiger partial charge in [0.2, 0.25) is 0 Å². The molecular formula is C13H29N. The van der Waals surface area contributed by atoms with Gasteiger partial charge in [-0.1, -0.05) is 48.0 Å². The van der Waals surface area contributed by atoms with Crippen molar-refractivity contribution in [2.75, 3.05) is 6.54 Å². The van der Waals surface area contributed by atoms with Crippen LogP contribution in [0.1, 0.15) is 60.8 Å². The first-order valence-corrected chi connectivity index (χ1v) is 6.08. The zero-order valence-electron chi connectivity index (χ0n) is 11.0. The lowest BCUT2D eigenvalue weighted by Gasteiger charge is -2.23. The summed E-state index contributed by atoms with van der Waals surface area (Å²) in [6, 6.07) is 0.624. The number of nitrogens with one attached hydrogen (secondary N) is 1. The van der Waals surface area contributed by atoms with Crippen LogP contribution < -0.4 is 5.32 Å². The fourth-order valence-corrected chi connectivity index (χ4v) is 1.49. The average molecular weight is 199 g/mol. The molecule has 86 valence electrons. The van der Waals surface area contributed by atoms with Crippen molar-refractivity contribution in [1.82, 2.24) is 5.32 Å². The molecule has 0 saturated carbocycles. The molecule has 0 aromatic heterocycles. The van der Waals surface area contributed by atoms with Gasteiger partial charge in [0.1, 0.15) is 0 Å². The maximum atomic E-state index is 3.53. The topological polar surface area (TPSA) is 12.0 Å². The first-order valence-electron chi connectivity index (χ1n) is 6.08. The number of hydrogen-bond donors (Lipinski definition) is 1. The van der Waals surface area contributed by atoms with Crippen LogP contribution >= 0.6 is 0 Å². The number of rotatable bonds is 6. The first-order chi connectivity index (χ1) is 6.35. The Kier molecular flexibility index (Phi) is 6.43. The summed E-state index contributed by atoms with van der Waals surface area (Å²) in [5.74, 6) is 0.858. The summed E-state index contributed by atoms with van der Waals surface area (Å²) >= 11 is 0. The summed E-state index contributed by atoms with van der Waals surface area (Å²) in [5, 5.41) is 3.53. The third-order valence-corrected chi connectivity index (χ3v) is 2.69. The highest BCUT2D eigenvalue weighted by molar-refractivity contribution is 4.68. The van der Waals surface area contributed by atoms with E-state index in [0.717, 1.165) is 5.92 Å². The van der Waals surface area contributed by atoms with Crippen molar-refractivity contribution >= 4 is 0 Å². The second-order valence-electron chi connectivity index (χ2n) is 5.94. The Balaban J connectivity index is 3.69. The number of hydrogen-bond acceptors (Lipinski definition) is 1. The third kappa shape index (κ3) is 8.55. The smallest absolute Gasteiger partial charge is 0.00104 e. The van der Waals surface area contributed by atoms with Gasteiger partial charge < -0.3 is 5.32 Å². The molecule has 0 aromatic rings. The minimum atomic E-state index is 0.491. The van der Waals surface area contributed by atoms with Gasteiger partial charge in [0.05, 0.1) is 0 Å². The molecule has 0 amide bonds. The highest BCUT2D eigenvalue weighted by atomic mass is 14.9. The van der Waals surface area contributed by atoms with E-state index in [1.165, 1.54) is 25.8 Å². The molecule has 1 nitrogen and oxygen atoms in total. The molecule has 0 radical (unpaired) electrons. The van der Waals surface area contributed by atoms with E-state index in [-0.39, 0.29) is 0 Å². The van der Waals surface area contributed by atoms with E-state index < -0.39 is 0 Å². The Bertz CT molecular complexity index is 133. The molecule has 0 fully saturated rings. The van der Waals surface area contributed by atoms with Gasteiger partial charge in [-0.2, -0.15) is 0 Å². The Labute approximate surface area is 90.7 Å². The van der Waals surface area contributed by atoms with Gasteiger partial charge in [-0.05, 0) is 30.7 Å². The van der Waals surface area contributed by atoms with Crippen LogP contribution in [0, 0.1) is 11.3 Å². The SMILES string of the molecule is CCC(CCC(C)(C)C)CNC(C)C. The zero-order chi connectivity index (χ0) is 11.2. The van der Waals surface area contributed by atoms with Crippen molar-refractivity contribution in [1.29, 1.82) is 0 Å². The summed E-state index contributed by atoms with van der Waals surface area (Å²) in [6.07, 6.45) is 4.00. The molecule has 1 N–H and O–H groups in total. The molecule has 14 heavy (non-hydrogen) atoms. The van der Waals surface area contributed by atoms with Crippen molar-refractivity contribution in [3.8, 4) is 0 Å². The van der Waals surface area contributed by atoms with E-state index in [1.807, 2.05) is 0 Å². The van der Waals surface area contributed by atoms with Crippen molar-refractivity contribution in [2.24, 2.45) is 11.3 Å². The fraction of sp³-hybridized carbons (Fsp3) is 1.00. The largest absolute Gasteiger partial charge is 0.314 e. The van der Waals surface area contributed by atoms with Crippen LogP contribution in [-0.2, 0) is 0 Å². The molecule has 0 rings (SSSR count). The lowest BCUT2D eigenvalue weighted by atomic mass is 9.86. The molecule has 0 aliphatic rings. The van der Waals surface area contributed by atoms with Gasteiger partial charge in [0, 0.05) is 6.04 Å². The van der Waals surface area contributed by atoms with Gasteiger partial charge in [-0.25, -0.2) is 0 Å². The van der Waals surface area contributed by atoms with Crippen molar-refractivity contribution in [3.05, 3.63) is 0 Å². The summed E-state index contributed by atoms with van der Waals surface area (Å²) in [6.45, 7) is 14.9. The first kappa shape index (κ1) is 14.0.